The molecule has 0 aromatic carbocycles. The van der Waals surface area contributed by atoms with E-state index in [1.165, 1.54) is 44.3 Å². The van der Waals surface area contributed by atoms with Crippen LogP contribution in [0.15, 0.2) is 4.99 Å². The summed E-state index contributed by atoms with van der Waals surface area (Å²) in [6, 6.07) is 0.508. The van der Waals surface area contributed by atoms with Gasteiger partial charge in [0.25, 0.3) is 0 Å². The molecule has 0 saturated heterocycles. The first-order chi connectivity index (χ1) is 8.74. The Hall–Kier alpha value is -0.380. The van der Waals surface area contributed by atoms with Crippen LogP contribution in [0.25, 0.3) is 0 Å². The minimum Gasteiger partial charge on any atom is -0.356 e. The average molecular weight is 273 g/mol. The molecule has 0 fully saturated rings. The Morgan fingerprint density at radius 2 is 2.00 bits per heavy atom. The van der Waals surface area contributed by atoms with E-state index >= 15 is 0 Å². The van der Waals surface area contributed by atoms with Crippen molar-refractivity contribution in [2.24, 2.45) is 4.99 Å². The quantitative estimate of drug-likeness (QED) is 0.364. The molecule has 4 heteroatoms. The van der Waals surface area contributed by atoms with Gasteiger partial charge in [0.15, 0.2) is 5.96 Å². The summed E-state index contributed by atoms with van der Waals surface area (Å²) in [5, 5.41) is 6.83. The van der Waals surface area contributed by atoms with Crippen LogP contribution in [-0.2, 0) is 0 Å². The van der Waals surface area contributed by atoms with Crippen molar-refractivity contribution in [2.75, 3.05) is 25.6 Å². The van der Waals surface area contributed by atoms with Crippen LogP contribution in [0.1, 0.15) is 52.4 Å². The van der Waals surface area contributed by atoms with E-state index in [1.54, 1.807) is 0 Å². The first-order valence-corrected chi connectivity index (χ1v) is 8.60. The largest absolute Gasteiger partial charge is 0.356 e. The Morgan fingerprint density at radius 1 is 1.22 bits per heavy atom. The van der Waals surface area contributed by atoms with Gasteiger partial charge in [-0.1, -0.05) is 26.2 Å². The maximum absolute atomic E-state index is 4.26. The predicted octanol–water partition coefficient (Wildman–Crippen LogP) is 3.26. The second-order valence-electron chi connectivity index (χ2n) is 4.74. The predicted molar refractivity (Wildman–Crippen MR) is 85.7 cm³/mol. The lowest BCUT2D eigenvalue weighted by Gasteiger charge is -2.17. The van der Waals surface area contributed by atoms with Gasteiger partial charge in [0, 0.05) is 19.6 Å². The van der Waals surface area contributed by atoms with Crippen LogP contribution >= 0.6 is 11.8 Å². The Balaban J connectivity index is 3.63. The van der Waals surface area contributed by atoms with Crippen LogP contribution in [0.5, 0.6) is 0 Å². The van der Waals surface area contributed by atoms with Crippen molar-refractivity contribution in [1.29, 1.82) is 0 Å². The number of nitrogens with zero attached hydrogens (tertiary/aromatic N) is 1. The van der Waals surface area contributed by atoms with E-state index in [0.29, 0.717) is 6.04 Å². The Morgan fingerprint density at radius 3 is 2.61 bits per heavy atom. The Labute approximate surface area is 118 Å². The molecule has 108 valence electrons. The zero-order valence-corrected chi connectivity index (χ0v) is 13.4. The van der Waals surface area contributed by atoms with Crippen molar-refractivity contribution >= 4 is 17.7 Å². The minimum absolute atomic E-state index is 0.508. The molecule has 0 aromatic rings. The first-order valence-electron chi connectivity index (χ1n) is 7.20. The standard InChI is InChI=1S/C14H31N3S/c1-5-6-7-10-13(2)17-14(15-3)16-11-8-9-12-18-4/h13H,5-12H2,1-4H3,(H2,15,16,17). The van der Waals surface area contributed by atoms with Crippen molar-refractivity contribution in [1.82, 2.24) is 10.6 Å². The number of guanidine groups is 1. The summed E-state index contributed by atoms with van der Waals surface area (Å²) in [4.78, 5) is 4.26. The summed E-state index contributed by atoms with van der Waals surface area (Å²) in [7, 11) is 1.84. The summed E-state index contributed by atoms with van der Waals surface area (Å²) in [6.45, 7) is 5.49. The van der Waals surface area contributed by atoms with E-state index in [4.69, 9.17) is 0 Å². The molecule has 0 bridgehead atoms. The summed E-state index contributed by atoms with van der Waals surface area (Å²) in [5.41, 5.74) is 0. The van der Waals surface area contributed by atoms with Crippen LogP contribution in [0.3, 0.4) is 0 Å². The minimum atomic E-state index is 0.508. The fourth-order valence-electron chi connectivity index (χ4n) is 1.78. The third kappa shape index (κ3) is 10.8. The molecule has 2 N–H and O–H groups in total. The van der Waals surface area contributed by atoms with Gasteiger partial charge in [-0.3, -0.25) is 4.99 Å². The average Bonchev–Trinajstić information content (AvgIpc) is 2.37. The van der Waals surface area contributed by atoms with Crippen molar-refractivity contribution in [3.8, 4) is 0 Å². The number of thioether (sulfide) groups is 1. The van der Waals surface area contributed by atoms with Crippen molar-refractivity contribution in [3.05, 3.63) is 0 Å². The second-order valence-corrected chi connectivity index (χ2v) is 5.73. The maximum atomic E-state index is 4.26. The van der Waals surface area contributed by atoms with Gasteiger partial charge in [0.05, 0.1) is 0 Å². The van der Waals surface area contributed by atoms with Gasteiger partial charge in [0.2, 0.25) is 0 Å². The molecule has 18 heavy (non-hydrogen) atoms. The molecule has 0 aliphatic heterocycles. The zero-order valence-electron chi connectivity index (χ0n) is 12.6. The molecule has 0 aliphatic carbocycles. The van der Waals surface area contributed by atoms with E-state index < -0.39 is 0 Å². The zero-order chi connectivity index (χ0) is 13.6. The first kappa shape index (κ1) is 17.6. The normalized spacial score (nSPS) is 13.4. The Bertz CT molecular complexity index is 207. The molecule has 0 saturated carbocycles. The van der Waals surface area contributed by atoms with Gasteiger partial charge < -0.3 is 10.6 Å². The number of aliphatic imine (C=N–C) groups is 1. The SMILES string of the molecule is CCCCCC(C)NC(=NC)NCCCCSC. The lowest BCUT2D eigenvalue weighted by Crippen LogP contribution is -2.42. The van der Waals surface area contributed by atoms with Gasteiger partial charge in [-0.25, -0.2) is 0 Å². The van der Waals surface area contributed by atoms with Crippen LogP contribution in [0.2, 0.25) is 0 Å². The molecule has 3 nitrogen and oxygen atoms in total. The van der Waals surface area contributed by atoms with Gasteiger partial charge in [-0.05, 0) is 38.2 Å². The van der Waals surface area contributed by atoms with Crippen molar-refractivity contribution < 1.29 is 0 Å². The highest BCUT2D eigenvalue weighted by molar-refractivity contribution is 7.98. The molecule has 0 aliphatic rings. The van der Waals surface area contributed by atoms with E-state index in [-0.39, 0.29) is 0 Å². The lowest BCUT2D eigenvalue weighted by molar-refractivity contribution is 0.546. The molecule has 0 amide bonds. The Kier molecular flexibility index (Phi) is 12.8. The summed E-state index contributed by atoms with van der Waals surface area (Å²) in [5.74, 6) is 2.20. The molecule has 0 rings (SSSR count). The number of unbranched alkanes of at least 4 members (excludes halogenated alkanes) is 3. The van der Waals surface area contributed by atoms with E-state index in [0.717, 1.165) is 12.5 Å². The van der Waals surface area contributed by atoms with Crippen molar-refractivity contribution in [3.63, 3.8) is 0 Å². The topological polar surface area (TPSA) is 36.4 Å². The smallest absolute Gasteiger partial charge is 0.191 e. The number of nitrogens with one attached hydrogen (secondary N) is 2. The third-order valence-electron chi connectivity index (χ3n) is 2.92. The molecule has 0 heterocycles. The van der Waals surface area contributed by atoms with E-state index in [9.17, 15) is 0 Å². The fourth-order valence-corrected chi connectivity index (χ4v) is 2.27. The lowest BCUT2D eigenvalue weighted by atomic mass is 10.1. The molecule has 0 spiro atoms. The van der Waals surface area contributed by atoms with Gasteiger partial charge >= 0.3 is 0 Å². The molecule has 1 atom stereocenters. The maximum Gasteiger partial charge on any atom is 0.191 e. The summed E-state index contributed by atoms with van der Waals surface area (Å²) >= 11 is 1.91. The highest BCUT2D eigenvalue weighted by Gasteiger charge is 2.04. The second kappa shape index (κ2) is 13.1. The van der Waals surface area contributed by atoms with Gasteiger partial charge in [0.1, 0.15) is 0 Å². The molecule has 0 aromatic heterocycles. The monoisotopic (exact) mass is 273 g/mol. The fraction of sp³-hybridized carbons (Fsp3) is 0.929. The van der Waals surface area contributed by atoms with Crippen molar-refractivity contribution in [2.45, 2.75) is 58.4 Å². The van der Waals surface area contributed by atoms with Gasteiger partial charge in [-0.15, -0.1) is 0 Å². The van der Waals surface area contributed by atoms with E-state index in [1.807, 2.05) is 18.8 Å². The van der Waals surface area contributed by atoms with Crippen LogP contribution in [0.4, 0.5) is 0 Å². The highest BCUT2D eigenvalue weighted by atomic mass is 32.2. The van der Waals surface area contributed by atoms with Crippen LogP contribution < -0.4 is 10.6 Å². The summed E-state index contributed by atoms with van der Waals surface area (Å²) < 4.78 is 0. The number of rotatable bonds is 10. The molecular formula is C14H31N3S. The molecule has 0 radical (unpaired) electrons. The van der Waals surface area contributed by atoms with Crippen LogP contribution in [0, 0.1) is 0 Å². The van der Waals surface area contributed by atoms with Gasteiger partial charge in [-0.2, -0.15) is 11.8 Å². The number of hydrogen-bond acceptors (Lipinski definition) is 2. The number of hydrogen-bond donors (Lipinski definition) is 2. The van der Waals surface area contributed by atoms with E-state index in [2.05, 4.69) is 35.7 Å². The third-order valence-corrected chi connectivity index (χ3v) is 3.61. The summed E-state index contributed by atoms with van der Waals surface area (Å²) in [6.07, 6.45) is 9.78. The highest BCUT2D eigenvalue weighted by Crippen LogP contribution is 2.02. The molecule has 1 unspecified atom stereocenters. The van der Waals surface area contributed by atoms with Crippen LogP contribution in [-0.4, -0.2) is 37.6 Å². The molecular weight excluding hydrogens is 242 g/mol.